The number of hydrogen-bond donors (Lipinski definition) is 1. The average molecular weight is 276 g/mol. The standard InChI is InChI=1S/C11H14ClNO3S/c1-17(14,15)9-2-3-10(12)11(6-9)13-8-4-5-16-7-8/h2-3,6,8,13H,4-5,7H2,1H3. The van der Waals surface area contributed by atoms with Gasteiger partial charge in [0.05, 0.1) is 28.3 Å². The minimum absolute atomic E-state index is 0.197. The number of sulfone groups is 1. The molecule has 1 heterocycles. The lowest BCUT2D eigenvalue weighted by atomic mass is 10.2. The van der Waals surface area contributed by atoms with Crippen LogP contribution in [0.2, 0.25) is 5.02 Å². The first-order valence-corrected chi connectivity index (χ1v) is 7.57. The van der Waals surface area contributed by atoms with Crippen LogP contribution in [0, 0.1) is 0 Å². The lowest BCUT2D eigenvalue weighted by Gasteiger charge is -2.14. The third-order valence-electron chi connectivity index (χ3n) is 2.66. The van der Waals surface area contributed by atoms with E-state index >= 15 is 0 Å². The molecule has 0 radical (unpaired) electrons. The van der Waals surface area contributed by atoms with Crippen LogP contribution in [0.15, 0.2) is 23.1 Å². The van der Waals surface area contributed by atoms with Gasteiger partial charge in [0, 0.05) is 12.9 Å². The van der Waals surface area contributed by atoms with Gasteiger partial charge in [-0.1, -0.05) is 11.6 Å². The highest BCUT2D eigenvalue weighted by Crippen LogP contribution is 2.26. The highest BCUT2D eigenvalue weighted by atomic mass is 35.5. The van der Waals surface area contributed by atoms with Gasteiger partial charge in [0.2, 0.25) is 0 Å². The molecule has 1 unspecified atom stereocenters. The molecule has 1 aromatic rings. The van der Waals surface area contributed by atoms with Crippen molar-refractivity contribution in [3.8, 4) is 0 Å². The average Bonchev–Trinajstić information content (AvgIpc) is 2.72. The van der Waals surface area contributed by atoms with Crippen molar-refractivity contribution in [1.82, 2.24) is 0 Å². The fourth-order valence-electron chi connectivity index (χ4n) is 1.71. The zero-order chi connectivity index (χ0) is 12.5. The maximum Gasteiger partial charge on any atom is 0.175 e. The van der Waals surface area contributed by atoms with Crippen molar-refractivity contribution in [3.63, 3.8) is 0 Å². The molecule has 0 spiro atoms. The van der Waals surface area contributed by atoms with Crippen molar-refractivity contribution in [2.24, 2.45) is 0 Å². The fraction of sp³-hybridized carbons (Fsp3) is 0.455. The summed E-state index contributed by atoms with van der Waals surface area (Å²) in [7, 11) is -3.21. The summed E-state index contributed by atoms with van der Waals surface area (Å²) in [6.07, 6.45) is 2.08. The van der Waals surface area contributed by atoms with Crippen molar-refractivity contribution in [1.29, 1.82) is 0 Å². The van der Waals surface area contributed by atoms with Crippen LogP contribution in [0.25, 0.3) is 0 Å². The van der Waals surface area contributed by atoms with E-state index in [0.717, 1.165) is 13.0 Å². The Morgan fingerprint density at radius 3 is 2.82 bits per heavy atom. The molecule has 94 valence electrons. The zero-order valence-electron chi connectivity index (χ0n) is 9.44. The van der Waals surface area contributed by atoms with E-state index in [0.29, 0.717) is 17.3 Å². The quantitative estimate of drug-likeness (QED) is 0.916. The molecular weight excluding hydrogens is 262 g/mol. The van der Waals surface area contributed by atoms with E-state index in [1.165, 1.54) is 12.3 Å². The molecule has 0 amide bonds. The third kappa shape index (κ3) is 3.12. The SMILES string of the molecule is CS(=O)(=O)c1ccc(Cl)c(NC2CCOC2)c1. The highest BCUT2D eigenvalue weighted by Gasteiger charge is 2.17. The fourth-order valence-corrected chi connectivity index (χ4v) is 2.53. The summed E-state index contributed by atoms with van der Waals surface area (Å²) in [4.78, 5) is 0.267. The van der Waals surface area contributed by atoms with Crippen molar-refractivity contribution in [2.75, 3.05) is 24.8 Å². The van der Waals surface area contributed by atoms with E-state index in [1.807, 2.05) is 0 Å². The topological polar surface area (TPSA) is 55.4 Å². The second kappa shape index (κ2) is 4.84. The van der Waals surface area contributed by atoms with Crippen LogP contribution in [0.4, 0.5) is 5.69 Å². The van der Waals surface area contributed by atoms with E-state index in [9.17, 15) is 8.42 Å². The summed E-state index contributed by atoms with van der Waals surface area (Å²) < 4.78 is 28.1. The molecule has 17 heavy (non-hydrogen) atoms. The first kappa shape index (κ1) is 12.7. The second-order valence-electron chi connectivity index (χ2n) is 4.12. The summed E-state index contributed by atoms with van der Waals surface area (Å²) in [5, 5.41) is 3.72. The van der Waals surface area contributed by atoms with Gasteiger partial charge in [-0.25, -0.2) is 8.42 Å². The molecule has 1 saturated heterocycles. The van der Waals surface area contributed by atoms with Gasteiger partial charge in [-0.2, -0.15) is 0 Å². The van der Waals surface area contributed by atoms with E-state index in [4.69, 9.17) is 16.3 Å². The van der Waals surface area contributed by atoms with Crippen LogP contribution in [-0.4, -0.2) is 33.9 Å². The number of hydrogen-bond acceptors (Lipinski definition) is 4. The molecule has 1 aliphatic heterocycles. The van der Waals surface area contributed by atoms with Gasteiger partial charge in [0.1, 0.15) is 0 Å². The van der Waals surface area contributed by atoms with Crippen molar-refractivity contribution < 1.29 is 13.2 Å². The Hall–Kier alpha value is -0.780. The molecule has 1 fully saturated rings. The largest absolute Gasteiger partial charge is 0.379 e. The van der Waals surface area contributed by atoms with E-state index in [-0.39, 0.29) is 10.9 Å². The maximum absolute atomic E-state index is 11.4. The lowest BCUT2D eigenvalue weighted by Crippen LogP contribution is -2.19. The molecule has 0 bridgehead atoms. The van der Waals surface area contributed by atoms with Gasteiger partial charge in [0.15, 0.2) is 9.84 Å². The molecule has 1 aromatic carbocycles. The Morgan fingerprint density at radius 2 is 2.24 bits per heavy atom. The number of anilines is 1. The lowest BCUT2D eigenvalue weighted by molar-refractivity contribution is 0.195. The zero-order valence-corrected chi connectivity index (χ0v) is 11.0. The Kier molecular flexibility index (Phi) is 3.61. The van der Waals surface area contributed by atoms with Gasteiger partial charge in [-0.3, -0.25) is 0 Å². The maximum atomic E-state index is 11.4. The summed E-state index contributed by atoms with van der Waals surface area (Å²) in [6.45, 7) is 1.35. The molecule has 4 nitrogen and oxygen atoms in total. The first-order valence-electron chi connectivity index (χ1n) is 5.31. The molecule has 0 saturated carbocycles. The predicted octanol–water partition coefficient (Wildman–Crippen LogP) is 1.94. The van der Waals surface area contributed by atoms with Crippen LogP contribution < -0.4 is 5.32 Å². The molecule has 1 N–H and O–H groups in total. The smallest absolute Gasteiger partial charge is 0.175 e. The van der Waals surface area contributed by atoms with Crippen LogP contribution in [-0.2, 0) is 14.6 Å². The van der Waals surface area contributed by atoms with Crippen molar-refractivity contribution in [3.05, 3.63) is 23.2 Å². The second-order valence-corrected chi connectivity index (χ2v) is 6.54. The van der Waals surface area contributed by atoms with Crippen LogP contribution in [0.3, 0.4) is 0 Å². The van der Waals surface area contributed by atoms with Crippen LogP contribution >= 0.6 is 11.6 Å². The Labute approximate surface area is 106 Å². The molecule has 6 heteroatoms. The number of halogens is 1. The van der Waals surface area contributed by atoms with E-state index < -0.39 is 9.84 Å². The monoisotopic (exact) mass is 275 g/mol. The van der Waals surface area contributed by atoms with Crippen molar-refractivity contribution >= 4 is 27.1 Å². The number of ether oxygens (including phenoxy) is 1. The number of benzene rings is 1. The first-order chi connectivity index (χ1) is 7.97. The predicted molar refractivity (Wildman–Crippen MR) is 67.4 cm³/mol. The summed E-state index contributed by atoms with van der Waals surface area (Å²) in [5.74, 6) is 0. The molecule has 0 aliphatic carbocycles. The van der Waals surface area contributed by atoms with Crippen LogP contribution in [0.5, 0.6) is 0 Å². The molecule has 0 aromatic heterocycles. The summed E-state index contributed by atoms with van der Waals surface area (Å²) in [6, 6.07) is 4.86. The van der Waals surface area contributed by atoms with Crippen molar-refractivity contribution in [2.45, 2.75) is 17.4 Å². The Balaban J connectivity index is 2.26. The van der Waals surface area contributed by atoms with Gasteiger partial charge >= 0.3 is 0 Å². The van der Waals surface area contributed by atoms with E-state index in [1.54, 1.807) is 12.1 Å². The normalized spacial score (nSPS) is 20.5. The van der Waals surface area contributed by atoms with E-state index in [2.05, 4.69) is 5.32 Å². The highest BCUT2D eigenvalue weighted by molar-refractivity contribution is 7.90. The van der Waals surface area contributed by atoms with Gasteiger partial charge in [-0.15, -0.1) is 0 Å². The minimum atomic E-state index is -3.21. The Bertz CT molecular complexity index is 509. The molecule has 1 atom stereocenters. The van der Waals surface area contributed by atoms with Gasteiger partial charge < -0.3 is 10.1 Å². The van der Waals surface area contributed by atoms with Crippen LogP contribution in [0.1, 0.15) is 6.42 Å². The van der Waals surface area contributed by atoms with Gasteiger partial charge in [-0.05, 0) is 24.6 Å². The summed E-state index contributed by atoms with van der Waals surface area (Å²) >= 11 is 6.03. The summed E-state index contributed by atoms with van der Waals surface area (Å²) in [5.41, 5.74) is 0.644. The Morgan fingerprint density at radius 1 is 1.47 bits per heavy atom. The molecule has 1 aliphatic rings. The minimum Gasteiger partial charge on any atom is -0.379 e. The third-order valence-corrected chi connectivity index (χ3v) is 4.10. The van der Waals surface area contributed by atoms with Gasteiger partial charge in [0.25, 0.3) is 0 Å². The molecule has 2 rings (SSSR count). The number of nitrogens with one attached hydrogen (secondary N) is 1. The molecular formula is C11H14ClNO3S. The number of rotatable bonds is 3.